The summed E-state index contributed by atoms with van der Waals surface area (Å²) in [5, 5.41) is 4.14. The summed E-state index contributed by atoms with van der Waals surface area (Å²) in [6.45, 7) is 3.88. The van der Waals surface area contributed by atoms with Crippen LogP contribution in [-0.4, -0.2) is 22.2 Å². The van der Waals surface area contributed by atoms with Gasteiger partial charge in [0.15, 0.2) is 6.29 Å². The number of hydrogen-bond acceptors (Lipinski definition) is 3. The van der Waals surface area contributed by atoms with Crippen molar-refractivity contribution in [3.8, 4) is 16.9 Å². The van der Waals surface area contributed by atoms with Crippen LogP contribution in [0.4, 0.5) is 0 Å². The number of ether oxygens (including phenoxy) is 1. The van der Waals surface area contributed by atoms with E-state index in [1.165, 1.54) is 0 Å². The Balaban J connectivity index is 2.55. The minimum absolute atomic E-state index is 0.0153. The smallest absolute Gasteiger partial charge is 0.153 e. The SMILES string of the molecule is CC(C)Oc1c(C=O)cccc1-c1cnn(C)c1. The molecule has 2 aromatic rings. The molecule has 2 rings (SSSR count). The maximum absolute atomic E-state index is 11.1. The summed E-state index contributed by atoms with van der Waals surface area (Å²) < 4.78 is 7.49. The minimum atomic E-state index is 0.0153. The van der Waals surface area contributed by atoms with Crippen molar-refractivity contribution in [1.29, 1.82) is 0 Å². The van der Waals surface area contributed by atoms with Crippen LogP contribution in [0.5, 0.6) is 5.75 Å². The Morgan fingerprint density at radius 2 is 2.17 bits per heavy atom. The van der Waals surface area contributed by atoms with Crippen LogP contribution in [0, 0.1) is 0 Å². The first kappa shape index (κ1) is 12.4. The van der Waals surface area contributed by atoms with E-state index in [0.29, 0.717) is 11.3 Å². The lowest BCUT2D eigenvalue weighted by molar-refractivity contribution is 0.111. The van der Waals surface area contributed by atoms with Crippen molar-refractivity contribution in [2.75, 3.05) is 0 Å². The predicted molar refractivity (Wildman–Crippen MR) is 69.8 cm³/mol. The highest BCUT2D eigenvalue weighted by Crippen LogP contribution is 2.32. The van der Waals surface area contributed by atoms with Crippen molar-refractivity contribution >= 4 is 6.29 Å². The largest absolute Gasteiger partial charge is 0.490 e. The molecule has 0 aliphatic rings. The van der Waals surface area contributed by atoms with Gasteiger partial charge in [0.05, 0.1) is 17.9 Å². The summed E-state index contributed by atoms with van der Waals surface area (Å²) in [5.41, 5.74) is 2.39. The van der Waals surface area contributed by atoms with E-state index in [0.717, 1.165) is 17.4 Å². The number of para-hydroxylation sites is 1. The van der Waals surface area contributed by atoms with Gasteiger partial charge in [-0.2, -0.15) is 5.10 Å². The highest BCUT2D eigenvalue weighted by atomic mass is 16.5. The fraction of sp³-hybridized carbons (Fsp3) is 0.286. The molecule has 1 aromatic carbocycles. The fourth-order valence-corrected chi connectivity index (χ4v) is 1.80. The zero-order valence-electron chi connectivity index (χ0n) is 10.8. The Bertz CT molecular complexity index is 559. The molecule has 0 atom stereocenters. The van der Waals surface area contributed by atoms with E-state index >= 15 is 0 Å². The number of nitrogens with zero attached hydrogens (tertiary/aromatic N) is 2. The average molecular weight is 244 g/mol. The van der Waals surface area contributed by atoms with Crippen LogP contribution in [0.3, 0.4) is 0 Å². The predicted octanol–water partition coefficient (Wildman–Crippen LogP) is 2.69. The van der Waals surface area contributed by atoms with Gasteiger partial charge in [-0.1, -0.05) is 12.1 Å². The molecule has 0 saturated carbocycles. The minimum Gasteiger partial charge on any atom is -0.490 e. The van der Waals surface area contributed by atoms with Crippen molar-refractivity contribution in [3.63, 3.8) is 0 Å². The topological polar surface area (TPSA) is 44.1 Å². The first-order valence-electron chi connectivity index (χ1n) is 5.85. The molecule has 0 saturated heterocycles. The Morgan fingerprint density at radius 3 is 2.72 bits per heavy atom. The van der Waals surface area contributed by atoms with E-state index < -0.39 is 0 Å². The van der Waals surface area contributed by atoms with Crippen molar-refractivity contribution < 1.29 is 9.53 Å². The van der Waals surface area contributed by atoms with Crippen LogP contribution >= 0.6 is 0 Å². The molecule has 0 N–H and O–H groups in total. The molecule has 1 aromatic heterocycles. The van der Waals surface area contributed by atoms with Crippen LogP contribution in [0.1, 0.15) is 24.2 Å². The molecular formula is C14H16N2O2. The van der Waals surface area contributed by atoms with E-state index in [2.05, 4.69) is 5.10 Å². The van der Waals surface area contributed by atoms with Gasteiger partial charge in [-0.05, 0) is 19.9 Å². The lowest BCUT2D eigenvalue weighted by atomic mass is 10.0. The number of rotatable bonds is 4. The fourth-order valence-electron chi connectivity index (χ4n) is 1.80. The van der Waals surface area contributed by atoms with E-state index in [-0.39, 0.29) is 6.10 Å². The first-order chi connectivity index (χ1) is 8.61. The third kappa shape index (κ3) is 2.42. The Kier molecular flexibility index (Phi) is 3.46. The lowest BCUT2D eigenvalue weighted by Gasteiger charge is -2.15. The zero-order valence-corrected chi connectivity index (χ0v) is 10.8. The molecule has 4 nitrogen and oxygen atoms in total. The van der Waals surface area contributed by atoms with E-state index in [1.807, 2.05) is 39.2 Å². The monoisotopic (exact) mass is 244 g/mol. The van der Waals surface area contributed by atoms with E-state index in [1.54, 1.807) is 16.9 Å². The van der Waals surface area contributed by atoms with Crippen molar-refractivity contribution in [3.05, 3.63) is 36.2 Å². The molecule has 0 bridgehead atoms. The summed E-state index contributed by atoms with van der Waals surface area (Å²) in [6, 6.07) is 5.53. The van der Waals surface area contributed by atoms with Crippen LogP contribution in [0.2, 0.25) is 0 Å². The van der Waals surface area contributed by atoms with E-state index in [9.17, 15) is 4.79 Å². The second-order valence-electron chi connectivity index (χ2n) is 4.41. The summed E-state index contributed by atoms with van der Waals surface area (Å²) in [6.07, 6.45) is 4.49. The van der Waals surface area contributed by atoms with Gasteiger partial charge in [-0.3, -0.25) is 9.48 Å². The number of aryl methyl sites for hydroxylation is 1. The lowest BCUT2D eigenvalue weighted by Crippen LogP contribution is -2.08. The van der Waals surface area contributed by atoms with Gasteiger partial charge in [0, 0.05) is 24.4 Å². The summed E-state index contributed by atoms with van der Waals surface area (Å²) in [4.78, 5) is 11.1. The molecule has 0 spiro atoms. The first-order valence-corrected chi connectivity index (χ1v) is 5.85. The average Bonchev–Trinajstić information content (AvgIpc) is 2.75. The maximum Gasteiger partial charge on any atom is 0.153 e. The van der Waals surface area contributed by atoms with Gasteiger partial charge in [0.2, 0.25) is 0 Å². The molecule has 4 heteroatoms. The van der Waals surface area contributed by atoms with Crippen LogP contribution in [0.25, 0.3) is 11.1 Å². The summed E-state index contributed by atoms with van der Waals surface area (Å²) >= 11 is 0. The van der Waals surface area contributed by atoms with Crippen molar-refractivity contribution in [1.82, 2.24) is 9.78 Å². The Labute approximate surface area is 106 Å². The number of aromatic nitrogens is 2. The third-order valence-electron chi connectivity index (χ3n) is 2.54. The molecule has 0 radical (unpaired) electrons. The molecule has 0 fully saturated rings. The van der Waals surface area contributed by atoms with Crippen LogP contribution < -0.4 is 4.74 Å². The molecule has 0 unspecified atom stereocenters. The summed E-state index contributed by atoms with van der Waals surface area (Å²) in [5.74, 6) is 0.621. The van der Waals surface area contributed by atoms with Gasteiger partial charge < -0.3 is 4.74 Å². The van der Waals surface area contributed by atoms with Gasteiger partial charge in [0.1, 0.15) is 5.75 Å². The second-order valence-corrected chi connectivity index (χ2v) is 4.41. The van der Waals surface area contributed by atoms with Crippen molar-refractivity contribution in [2.24, 2.45) is 7.05 Å². The highest BCUT2D eigenvalue weighted by Gasteiger charge is 2.13. The molecule has 1 heterocycles. The second kappa shape index (κ2) is 5.04. The Morgan fingerprint density at radius 1 is 1.39 bits per heavy atom. The van der Waals surface area contributed by atoms with Crippen molar-refractivity contribution in [2.45, 2.75) is 20.0 Å². The van der Waals surface area contributed by atoms with Gasteiger partial charge >= 0.3 is 0 Å². The number of carbonyl (C=O) groups excluding carboxylic acids is 1. The summed E-state index contributed by atoms with van der Waals surface area (Å²) in [7, 11) is 1.86. The molecule has 94 valence electrons. The zero-order chi connectivity index (χ0) is 13.1. The number of aldehydes is 1. The third-order valence-corrected chi connectivity index (χ3v) is 2.54. The molecular weight excluding hydrogens is 228 g/mol. The van der Waals surface area contributed by atoms with Crippen LogP contribution in [-0.2, 0) is 7.05 Å². The molecule has 0 amide bonds. The number of benzene rings is 1. The van der Waals surface area contributed by atoms with Crippen LogP contribution in [0.15, 0.2) is 30.6 Å². The van der Waals surface area contributed by atoms with Gasteiger partial charge in [-0.25, -0.2) is 0 Å². The Hall–Kier alpha value is -2.10. The molecule has 0 aliphatic heterocycles. The quantitative estimate of drug-likeness (QED) is 0.777. The molecule has 0 aliphatic carbocycles. The molecule has 18 heavy (non-hydrogen) atoms. The number of carbonyl (C=O) groups is 1. The normalized spacial score (nSPS) is 10.7. The highest BCUT2D eigenvalue weighted by molar-refractivity contribution is 5.85. The maximum atomic E-state index is 11.1. The van der Waals surface area contributed by atoms with Gasteiger partial charge in [-0.15, -0.1) is 0 Å². The standard InChI is InChI=1S/C14H16N2O2/c1-10(2)18-14-11(9-17)5-4-6-13(14)12-7-15-16(3)8-12/h4-10H,1-3H3. The van der Waals surface area contributed by atoms with Gasteiger partial charge in [0.25, 0.3) is 0 Å². The van der Waals surface area contributed by atoms with E-state index in [4.69, 9.17) is 4.74 Å². The number of hydrogen-bond donors (Lipinski definition) is 0.